The number of ether oxygens (including phenoxy) is 1. The fraction of sp³-hybridized carbons (Fsp3) is 0.529. The summed E-state index contributed by atoms with van der Waals surface area (Å²) >= 11 is 0. The van der Waals surface area contributed by atoms with Gasteiger partial charge < -0.3 is 9.64 Å². The van der Waals surface area contributed by atoms with Gasteiger partial charge >= 0.3 is 0 Å². The summed E-state index contributed by atoms with van der Waals surface area (Å²) in [7, 11) is 3.42. The quantitative estimate of drug-likeness (QED) is 0.804. The van der Waals surface area contributed by atoms with Gasteiger partial charge in [-0.1, -0.05) is 0 Å². The molecule has 0 radical (unpaired) electrons. The van der Waals surface area contributed by atoms with Gasteiger partial charge in [-0.15, -0.1) is 0 Å². The van der Waals surface area contributed by atoms with Gasteiger partial charge in [-0.3, -0.25) is 4.79 Å². The maximum atomic E-state index is 12.4. The van der Waals surface area contributed by atoms with Gasteiger partial charge in [-0.25, -0.2) is 9.50 Å². The zero-order valence-electron chi connectivity index (χ0n) is 14.8. The van der Waals surface area contributed by atoms with Crippen LogP contribution in [0.5, 0.6) is 0 Å². The summed E-state index contributed by atoms with van der Waals surface area (Å²) in [4.78, 5) is 18.6. The van der Waals surface area contributed by atoms with Crippen molar-refractivity contribution >= 4 is 11.6 Å². The molecule has 128 valence electrons. The first-order chi connectivity index (χ1) is 11.4. The van der Waals surface area contributed by atoms with Crippen LogP contribution in [0.1, 0.15) is 35.9 Å². The van der Waals surface area contributed by atoms with Crippen molar-refractivity contribution < 1.29 is 9.53 Å². The number of nitriles is 1. The first-order valence-electron chi connectivity index (χ1n) is 7.89. The molecule has 0 unspecified atom stereocenters. The van der Waals surface area contributed by atoms with E-state index in [2.05, 4.69) is 16.2 Å². The number of carbonyl (C=O) groups is 1. The predicted molar refractivity (Wildman–Crippen MR) is 89.6 cm³/mol. The predicted octanol–water partition coefficient (Wildman–Crippen LogP) is 1.64. The Labute approximate surface area is 141 Å². The smallest absolute Gasteiger partial charge is 0.222 e. The number of methoxy groups -OCH3 is 1. The molecular weight excluding hydrogens is 306 g/mol. The van der Waals surface area contributed by atoms with Gasteiger partial charge in [-0.05, 0) is 32.8 Å². The molecule has 0 aliphatic heterocycles. The lowest BCUT2D eigenvalue weighted by Crippen LogP contribution is -2.38. The molecule has 0 saturated carbocycles. The fourth-order valence-electron chi connectivity index (χ4n) is 2.76. The van der Waals surface area contributed by atoms with Gasteiger partial charge in [0.05, 0.1) is 18.8 Å². The van der Waals surface area contributed by atoms with Crippen LogP contribution in [-0.2, 0) is 16.0 Å². The van der Waals surface area contributed by atoms with Crippen LogP contribution < -0.4 is 0 Å². The lowest BCUT2D eigenvalue weighted by molar-refractivity contribution is -0.132. The highest BCUT2D eigenvalue weighted by molar-refractivity contribution is 5.76. The van der Waals surface area contributed by atoms with Gasteiger partial charge in [0.1, 0.15) is 11.6 Å². The van der Waals surface area contributed by atoms with Crippen LogP contribution in [0.3, 0.4) is 0 Å². The number of carbonyl (C=O) groups excluding carboxylic acids is 1. The third kappa shape index (κ3) is 3.39. The molecule has 1 atom stereocenters. The summed E-state index contributed by atoms with van der Waals surface area (Å²) in [6.45, 7) is 6.31. The molecule has 0 spiro atoms. The van der Waals surface area contributed by atoms with E-state index in [9.17, 15) is 4.79 Å². The Morgan fingerprint density at radius 2 is 2.21 bits per heavy atom. The van der Waals surface area contributed by atoms with Crippen molar-refractivity contribution in [2.24, 2.45) is 0 Å². The maximum Gasteiger partial charge on any atom is 0.222 e. The molecule has 0 N–H and O–H groups in total. The second-order valence-electron chi connectivity index (χ2n) is 5.98. The summed E-state index contributed by atoms with van der Waals surface area (Å²) in [6.07, 6.45) is 2.50. The molecule has 0 aromatic carbocycles. The molecule has 2 rings (SSSR count). The number of aryl methyl sites for hydroxylation is 2. The van der Waals surface area contributed by atoms with E-state index in [1.807, 2.05) is 20.8 Å². The molecule has 2 heterocycles. The summed E-state index contributed by atoms with van der Waals surface area (Å²) < 4.78 is 6.76. The zero-order valence-corrected chi connectivity index (χ0v) is 14.8. The van der Waals surface area contributed by atoms with Crippen LogP contribution in [0, 0.1) is 25.2 Å². The van der Waals surface area contributed by atoms with E-state index in [1.165, 1.54) is 6.20 Å². The Balaban J connectivity index is 2.19. The first kappa shape index (κ1) is 17.9. The summed E-state index contributed by atoms with van der Waals surface area (Å²) in [5, 5.41) is 13.3. The SMILES string of the molecule is COC[C@H](C)N(C)C(=O)CCc1c(C)nc2c(C#N)cnn2c1C. The summed E-state index contributed by atoms with van der Waals surface area (Å²) in [5.74, 6) is 0.0663. The number of amides is 1. The Morgan fingerprint density at radius 1 is 1.50 bits per heavy atom. The Bertz CT molecular complexity index is 790. The fourth-order valence-corrected chi connectivity index (χ4v) is 2.76. The Morgan fingerprint density at radius 3 is 2.83 bits per heavy atom. The van der Waals surface area contributed by atoms with E-state index in [0.717, 1.165) is 17.0 Å². The number of likely N-dealkylation sites (N-methyl/N-ethyl adjacent to an activating group) is 1. The van der Waals surface area contributed by atoms with E-state index in [4.69, 9.17) is 10.00 Å². The molecule has 0 bridgehead atoms. The van der Waals surface area contributed by atoms with Crippen molar-refractivity contribution in [1.82, 2.24) is 19.5 Å². The zero-order chi connectivity index (χ0) is 17.9. The maximum absolute atomic E-state index is 12.4. The summed E-state index contributed by atoms with van der Waals surface area (Å²) in [5.41, 5.74) is 3.76. The number of fused-ring (bicyclic) bond motifs is 1. The largest absolute Gasteiger partial charge is 0.383 e. The monoisotopic (exact) mass is 329 g/mol. The normalized spacial score (nSPS) is 12.2. The molecular formula is C17H23N5O2. The molecule has 2 aromatic rings. The van der Waals surface area contributed by atoms with Crippen molar-refractivity contribution in [3.05, 3.63) is 28.7 Å². The Kier molecular flexibility index (Phi) is 5.52. The molecule has 0 aliphatic rings. The van der Waals surface area contributed by atoms with E-state index in [-0.39, 0.29) is 11.9 Å². The van der Waals surface area contributed by atoms with Crippen molar-refractivity contribution in [2.75, 3.05) is 20.8 Å². The van der Waals surface area contributed by atoms with E-state index < -0.39 is 0 Å². The highest BCUT2D eigenvalue weighted by atomic mass is 16.5. The van der Waals surface area contributed by atoms with Crippen LogP contribution in [0.25, 0.3) is 5.65 Å². The molecule has 2 aromatic heterocycles. The molecule has 7 heteroatoms. The van der Waals surface area contributed by atoms with Crippen LogP contribution in [0.15, 0.2) is 6.20 Å². The second kappa shape index (κ2) is 7.41. The first-order valence-corrected chi connectivity index (χ1v) is 7.89. The summed E-state index contributed by atoms with van der Waals surface area (Å²) in [6, 6.07) is 2.13. The van der Waals surface area contributed by atoms with Crippen LogP contribution in [-0.4, -0.2) is 52.2 Å². The lowest BCUT2D eigenvalue weighted by atomic mass is 10.1. The van der Waals surface area contributed by atoms with Gasteiger partial charge in [0, 0.05) is 32.0 Å². The minimum Gasteiger partial charge on any atom is -0.383 e. The number of hydrogen-bond donors (Lipinski definition) is 0. The van der Waals surface area contributed by atoms with Gasteiger partial charge in [-0.2, -0.15) is 10.4 Å². The molecule has 1 amide bonds. The van der Waals surface area contributed by atoms with Crippen molar-refractivity contribution in [2.45, 2.75) is 39.7 Å². The van der Waals surface area contributed by atoms with Gasteiger partial charge in [0.25, 0.3) is 0 Å². The van der Waals surface area contributed by atoms with E-state index >= 15 is 0 Å². The average Bonchev–Trinajstić information content (AvgIpc) is 2.96. The third-order valence-electron chi connectivity index (χ3n) is 4.38. The van der Waals surface area contributed by atoms with Crippen LogP contribution in [0.2, 0.25) is 0 Å². The van der Waals surface area contributed by atoms with E-state index in [0.29, 0.717) is 30.7 Å². The topological polar surface area (TPSA) is 83.5 Å². The van der Waals surface area contributed by atoms with E-state index in [1.54, 1.807) is 23.6 Å². The molecule has 24 heavy (non-hydrogen) atoms. The van der Waals surface area contributed by atoms with Crippen LogP contribution >= 0.6 is 0 Å². The molecule has 0 saturated heterocycles. The van der Waals surface area contributed by atoms with Gasteiger partial charge in [0.15, 0.2) is 5.65 Å². The minimum atomic E-state index is 0.0367. The highest BCUT2D eigenvalue weighted by Crippen LogP contribution is 2.18. The average molecular weight is 329 g/mol. The van der Waals surface area contributed by atoms with Crippen molar-refractivity contribution in [1.29, 1.82) is 5.26 Å². The Hall–Kier alpha value is -2.46. The number of aromatic nitrogens is 3. The second-order valence-corrected chi connectivity index (χ2v) is 5.98. The van der Waals surface area contributed by atoms with Crippen molar-refractivity contribution in [3.8, 4) is 6.07 Å². The highest BCUT2D eigenvalue weighted by Gasteiger charge is 2.18. The molecule has 0 aliphatic carbocycles. The lowest BCUT2D eigenvalue weighted by Gasteiger charge is -2.24. The van der Waals surface area contributed by atoms with Crippen LogP contribution in [0.4, 0.5) is 0 Å². The number of nitrogens with zero attached hydrogens (tertiary/aromatic N) is 5. The van der Waals surface area contributed by atoms with Gasteiger partial charge in [0.2, 0.25) is 5.91 Å². The third-order valence-corrected chi connectivity index (χ3v) is 4.38. The standard InChI is InChI=1S/C17H23N5O2/c1-11(10-24-5)21(4)16(23)7-6-15-12(2)20-17-14(8-18)9-19-22(17)13(15)3/h9,11H,6-7,10H2,1-5H3/t11-/m0/s1. The minimum absolute atomic E-state index is 0.0367. The van der Waals surface area contributed by atoms with Crippen molar-refractivity contribution in [3.63, 3.8) is 0 Å². The number of rotatable bonds is 6. The molecule has 7 nitrogen and oxygen atoms in total. The molecule has 0 fully saturated rings. The number of hydrogen-bond acceptors (Lipinski definition) is 5.